The number of thioether (sulfide) groups is 1. The average Bonchev–Trinajstić information content (AvgIpc) is 2.73. The van der Waals surface area contributed by atoms with Crippen molar-refractivity contribution >= 4 is 23.4 Å². The van der Waals surface area contributed by atoms with Crippen LogP contribution in [0.4, 0.5) is 5.69 Å². The van der Waals surface area contributed by atoms with E-state index >= 15 is 0 Å². The first-order valence-corrected chi connectivity index (χ1v) is 11.4. The van der Waals surface area contributed by atoms with Crippen molar-refractivity contribution in [2.45, 2.75) is 26.8 Å². The molecular weight excluding hydrogens is 356 g/mol. The van der Waals surface area contributed by atoms with Gasteiger partial charge in [0.05, 0.1) is 5.75 Å². The Labute approximate surface area is 169 Å². The van der Waals surface area contributed by atoms with Crippen LogP contribution < -0.4 is 10.2 Å². The molecule has 6 heteroatoms. The standard InChI is InChI=1S/C21H36N4OS/c1-4-23(5-2)15-16-27-18-21(26)22-17-19(3)24-11-13-25(14-12-24)20-9-7-6-8-10-20/h6-10,19H,4-5,11-18H2,1-3H3,(H,22,26)/t19-/m1/s1. The summed E-state index contributed by atoms with van der Waals surface area (Å²) in [5, 5.41) is 3.11. The third-order valence-corrected chi connectivity index (χ3v) is 6.27. The first-order chi connectivity index (χ1) is 13.1. The monoisotopic (exact) mass is 392 g/mol. The molecule has 1 amide bonds. The molecule has 0 aromatic heterocycles. The fraction of sp³-hybridized carbons (Fsp3) is 0.667. The number of nitrogens with zero attached hydrogens (tertiary/aromatic N) is 3. The summed E-state index contributed by atoms with van der Waals surface area (Å²) in [5.74, 6) is 1.75. The molecule has 0 bridgehead atoms. The number of nitrogens with one attached hydrogen (secondary N) is 1. The Morgan fingerprint density at radius 2 is 1.81 bits per heavy atom. The van der Waals surface area contributed by atoms with Crippen molar-refractivity contribution in [3.8, 4) is 0 Å². The Kier molecular flexibility index (Phi) is 10.0. The van der Waals surface area contributed by atoms with Gasteiger partial charge in [-0.3, -0.25) is 9.69 Å². The highest BCUT2D eigenvalue weighted by Gasteiger charge is 2.21. The molecule has 1 saturated heterocycles. The maximum Gasteiger partial charge on any atom is 0.230 e. The van der Waals surface area contributed by atoms with E-state index in [1.807, 2.05) is 0 Å². The maximum absolute atomic E-state index is 12.1. The Morgan fingerprint density at radius 3 is 2.44 bits per heavy atom. The molecule has 1 aromatic rings. The molecule has 27 heavy (non-hydrogen) atoms. The zero-order valence-electron chi connectivity index (χ0n) is 17.2. The number of anilines is 1. The van der Waals surface area contributed by atoms with Gasteiger partial charge in [0, 0.05) is 56.8 Å². The number of para-hydroxylation sites is 1. The highest BCUT2D eigenvalue weighted by molar-refractivity contribution is 7.99. The van der Waals surface area contributed by atoms with E-state index in [0.29, 0.717) is 11.8 Å². The highest BCUT2D eigenvalue weighted by atomic mass is 32.2. The molecule has 0 spiro atoms. The Bertz CT molecular complexity index is 530. The number of amides is 1. The second-order valence-corrected chi connectivity index (χ2v) is 8.20. The third kappa shape index (κ3) is 7.72. The van der Waals surface area contributed by atoms with Gasteiger partial charge < -0.3 is 15.1 Å². The van der Waals surface area contributed by atoms with E-state index in [1.54, 1.807) is 11.8 Å². The second-order valence-electron chi connectivity index (χ2n) is 7.09. The van der Waals surface area contributed by atoms with Crippen molar-refractivity contribution < 1.29 is 4.79 Å². The predicted molar refractivity (Wildman–Crippen MR) is 118 cm³/mol. The molecule has 5 nitrogen and oxygen atoms in total. The molecule has 1 aliphatic rings. The quantitative estimate of drug-likeness (QED) is 0.586. The molecule has 0 saturated carbocycles. The molecule has 0 radical (unpaired) electrons. The third-order valence-electron chi connectivity index (χ3n) is 5.33. The number of carbonyl (C=O) groups excluding carboxylic acids is 1. The number of hydrogen-bond donors (Lipinski definition) is 1. The second kappa shape index (κ2) is 12.3. The number of carbonyl (C=O) groups is 1. The van der Waals surface area contributed by atoms with Crippen LogP contribution in [0.2, 0.25) is 0 Å². The van der Waals surface area contributed by atoms with Crippen LogP contribution in [0.15, 0.2) is 30.3 Å². The van der Waals surface area contributed by atoms with E-state index in [-0.39, 0.29) is 5.91 Å². The first kappa shape index (κ1) is 22.1. The van der Waals surface area contributed by atoms with Crippen LogP contribution >= 0.6 is 11.8 Å². The van der Waals surface area contributed by atoms with E-state index in [9.17, 15) is 4.79 Å². The predicted octanol–water partition coefficient (Wildman–Crippen LogP) is 2.39. The molecular formula is C21H36N4OS. The Morgan fingerprint density at radius 1 is 1.15 bits per heavy atom. The Balaban J connectivity index is 1.59. The van der Waals surface area contributed by atoms with E-state index in [0.717, 1.165) is 58.1 Å². The lowest BCUT2D eigenvalue weighted by molar-refractivity contribution is -0.118. The topological polar surface area (TPSA) is 38.8 Å². The summed E-state index contributed by atoms with van der Waals surface area (Å²) in [7, 11) is 0. The number of rotatable bonds is 11. The average molecular weight is 393 g/mol. The van der Waals surface area contributed by atoms with E-state index in [1.165, 1.54) is 5.69 Å². The van der Waals surface area contributed by atoms with E-state index < -0.39 is 0 Å². The Hall–Kier alpha value is -1.24. The smallest absolute Gasteiger partial charge is 0.230 e. The van der Waals surface area contributed by atoms with Crippen molar-refractivity contribution in [3.05, 3.63) is 30.3 Å². The normalized spacial score (nSPS) is 16.5. The molecule has 1 fully saturated rings. The van der Waals surface area contributed by atoms with Crippen LogP contribution in [0.3, 0.4) is 0 Å². The van der Waals surface area contributed by atoms with E-state index in [2.05, 4.69) is 71.1 Å². The van der Waals surface area contributed by atoms with Gasteiger partial charge in [-0.25, -0.2) is 0 Å². The van der Waals surface area contributed by atoms with Gasteiger partial charge in [-0.1, -0.05) is 32.0 Å². The summed E-state index contributed by atoms with van der Waals surface area (Å²) < 4.78 is 0. The minimum Gasteiger partial charge on any atom is -0.369 e. The van der Waals surface area contributed by atoms with Crippen molar-refractivity contribution in [3.63, 3.8) is 0 Å². The van der Waals surface area contributed by atoms with E-state index in [4.69, 9.17) is 0 Å². The van der Waals surface area contributed by atoms with Crippen molar-refractivity contribution in [2.24, 2.45) is 0 Å². The fourth-order valence-corrected chi connectivity index (χ4v) is 4.22. The molecule has 1 aromatic carbocycles. The van der Waals surface area contributed by atoms with Gasteiger partial charge in [-0.05, 0) is 32.1 Å². The first-order valence-electron chi connectivity index (χ1n) is 10.2. The summed E-state index contributed by atoms with van der Waals surface area (Å²) in [6.45, 7) is 14.7. The summed E-state index contributed by atoms with van der Waals surface area (Å²) in [4.78, 5) is 19.4. The minimum atomic E-state index is 0.161. The number of piperazine rings is 1. The van der Waals surface area contributed by atoms with Gasteiger partial charge in [0.2, 0.25) is 5.91 Å². The molecule has 2 rings (SSSR count). The lowest BCUT2D eigenvalue weighted by Gasteiger charge is -2.39. The molecule has 0 aliphatic carbocycles. The zero-order valence-corrected chi connectivity index (χ0v) is 18.0. The minimum absolute atomic E-state index is 0.161. The lowest BCUT2D eigenvalue weighted by Crippen LogP contribution is -2.52. The summed E-state index contributed by atoms with van der Waals surface area (Å²) in [6, 6.07) is 11.0. The SMILES string of the molecule is CCN(CC)CCSCC(=O)NC[C@@H](C)N1CCN(c2ccccc2)CC1. The van der Waals surface area contributed by atoms with Crippen molar-refractivity contribution in [1.82, 2.24) is 15.1 Å². The van der Waals surface area contributed by atoms with Gasteiger partial charge in [-0.2, -0.15) is 11.8 Å². The fourth-order valence-electron chi connectivity index (χ4n) is 3.40. The number of benzene rings is 1. The maximum atomic E-state index is 12.1. The highest BCUT2D eigenvalue weighted by Crippen LogP contribution is 2.16. The summed E-state index contributed by atoms with van der Waals surface area (Å²) >= 11 is 1.73. The van der Waals surface area contributed by atoms with Crippen molar-refractivity contribution in [2.75, 3.05) is 68.8 Å². The van der Waals surface area contributed by atoms with Gasteiger partial charge >= 0.3 is 0 Å². The lowest BCUT2D eigenvalue weighted by atomic mass is 10.2. The molecule has 1 atom stereocenters. The largest absolute Gasteiger partial charge is 0.369 e. The molecule has 1 aliphatic heterocycles. The van der Waals surface area contributed by atoms with Crippen LogP contribution in [-0.4, -0.2) is 85.6 Å². The van der Waals surface area contributed by atoms with Crippen LogP contribution in [0.25, 0.3) is 0 Å². The molecule has 0 unspecified atom stereocenters. The summed E-state index contributed by atoms with van der Waals surface area (Å²) in [5.41, 5.74) is 1.31. The number of hydrogen-bond acceptors (Lipinski definition) is 5. The summed E-state index contributed by atoms with van der Waals surface area (Å²) in [6.07, 6.45) is 0. The van der Waals surface area contributed by atoms with Crippen LogP contribution in [0, 0.1) is 0 Å². The van der Waals surface area contributed by atoms with Crippen LogP contribution in [0.5, 0.6) is 0 Å². The van der Waals surface area contributed by atoms with Crippen molar-refractivity contribution in [1.29, 1.82) is 0 Å². The molecule has 152 valence electrons. The molecule has 1 N–H and O–H groups in total. The van der Waals surface area contributed by atoms with Gasteiger partial charge in [0.15, 0.2) is 0 Å². The zero-order chi connectivity index (χ0) is 19.5. The van der Waals surface area contributed by atoms with Gasteiger partial charge in [0.1, 0.15) is 0 Å². The van der Waals surface area contributed by atoms with Crippen LogP contribution in [-0.2, 0) is 4.79 Å². The molecule has 1 heterocycles. The van der Waals surface area contributed by atoms with Gasteiger partial charge in [0.25, 0.3) is 0 Å². The van der Waals surface area contributed by atoms with Gasteiger partial charge in [-0.15, -0.1) is 0 Å². The van der Waals surface area contributed by atoms with Crippen LogP contribution in [0.1, 0.15) is 20.8 Å².